The molecule has 1 aliphatic rings. The Labute approximate surface area is 118 Å². The fraction of sp³-hybridized carbons (Fsp3) is 0.600. The van der Waals surface area contributed by atoms with Gasteiger partial charge in [-0.2, -0.15) is 0 Å². The second-order valence-electron chi connectivity index (χ2n) is 5.54. The van der Waals surface area contributed by atoms with E-state index in [0.29, 0.717) is 5.75 Å². The maximum Gasteiger partial charge on any atom is 0.123 e. The normalized spacial score (nSPS) is 21.8. The molecule has 18 heavy (non-hydrogen) atoms. The molecule has 2 nitrogen and oxygen atoms in total. The van der Waals surface area contributed by atoms with Crippen LogP contribution in [0, 0.1) is 12.8 Å². The van der Waals surface area contributed by atoms with E-state index in [9.17, 15) is 5.11 Å². The van der Waals surface area contributed by atoms with E-state index in [0.717, 1.165) is 41.2 Å². The number of nitrogens with zero attached hydrogens (tertiary/aromatic N) is 1. The smallest absolute Gasteiger partial charge is 0.123 e. The molecule has 1 heterocycles. The molecular formula is C15H22BrNO. The van der Waals surface area contributed by atoms with Crippen molar-refractivity contribution in [3.8, 4) is 5.75 Å². The molecule has 1 aliphatic heterocycles. The van der Waals surface area contributed by atoms with Crippen LogP contribution in [0.15, 0.2) is 16.6 Å². The SMILES string of the molecule is Cc1cc(Br)cc(CN2CCCC(C)CC2)c1O. The molecular weight excluding hydrogens is 290 g/mol. The molecule has 100 valence electrons. The lowest BCUT2D eigenvalue weighted by atomic mass is 10.0. The Morgan fingerprint density at radius 3 is 2.89 bits per heavy atom. The zero-order valence-corrected chi connectivity index (χ0v) is 12.8. The average molecular weight is 312 g/mol. The highest BCUT2D eigenvalue weighted by atomic mass is 79.9. The molecule has 0 aliphatic carbocycles. The lowest BCUT2D eigenvalue weighted by molar-refractivity contribution is 0.269. The highest BCUT2D eigenvalue weighted by Gasteiger charge is 2.16. The summed E-state index contributed by atoms with van der Waals surface area (Å²) in [5.41, 5.74) is 1.99. The van der Waals surface area contributed by atoms with Crippen molar-refractivity contribution >= 4 is 15.9 Å². The first-order valence-corrected chi connectivity index (χ1v) is 7.56. The number of phenolic OH excluding ortho intramolecular Hbond substituents is 1. The van der Waals surface area contributed by atoms with Crippen molar-refractivity contribution in [2.45, 2.75) is 39.7 Å². The number of aromatic hydroxyl groups is 1. The molecule has 3 heteroatoms. The first-order valence-electron chi connectivity index (χ1n) is 6.76. The predicted octanol–water partition coefficient (Wildman–Crippen LogP) is 4.09. The van der Waals surface area contributed by atoms with Gasteiger partial charge in [0, 0.05) is 16.6 Å². The molecule has 2 rings (SSSR count). The third kappa shape index (κ3) is 3.48. The highest BCUT2D eigenvalue weighted by Crippen LogP contribution is 2.28. The van der Waals surface area contributed by atoms with E-state index in [-0.39, 0.29) is 0 Å². The van der Waals surface area contributed by atoms with Gasteiger partial charge in [-0.3, -0.25) is 4.90 Å². The van der Waals surface area contributed by atoms with Gasteiger partial charge in [-0.05, 0) is 62.9 Å². The number of likely N-dealkylation sites (tertiary alicyclic amines) is 1. The number of hydrogen-bond donors (Lipinski definition) is 1. The van der Waals surface area contributed by atoms with Gasteiger partial charge in [0.1, 0.15) is 5.75 Å². The van der Waals surface area contributed by atoms with E-state index in [1.54, 1.807) is 0 Å². The number of aryl methyl sites for hydroxylation is 1. The molecule has 1 aromatic rings. The summed E-state index contributed by atoms with van der Waals surface area (Å²) >= 11 is 3.51. The van der Waals surface area contributed by atoms with Gasteiger partial charge >= 0.3 is 0 Å². The largest absolute Gasteiger partial charge is 0.507 e. The maximum absolute atomic E-state index is 10.1. The number of rotatable bonds is 2. The van der Waals surface area contributed by atoms with Gasteiger partial charge in [0.2, 0.25) is 0 Å². The number of halogens is 1. The van der Waals surface area contributed by atoms with E-state index >= 15 is 0 Å². The van der Waals surface area contributed by atoms with Crippen molar-refractivity contribution < 1.29 is 5.11 Å². The molecule has 1 atom stereocenters. The van der Waals surface area contributed by atoms with Crippen LogP contribution in [-0.4, -0.2) is 23.1 Å². The molecule has 0 radical (unpaired) electrons. The van der Waals surface area contributed by atoms with Gasteiger partial charge in [0.25, 0.3) is 0 Å². The van der Waals surface area contributed by atoms with Crippen molar-refractivity contribution in [3.05, 3.63) is 27.7 Å². The molecule has 1 aromatic carbocycles. The van der Waals surface area contributed by atoms with Crippen LogP contribution < -0.4 is 0 Å². The molecule has 0 spiro atoms. The fourth-order valence-corrected chi connectivity index (χ4v) is 3.27. The first kappa shape index (κ1) is 13.9. The summed E-state index contributed by atoms with van der Waals surface area (Å²) in [6.45, 7) is 7.44. The zero-order valence-electron chi connectivity index (χ0n) is 11.2. The summed E-state index contributed by atoms with van der Waals surface area (Å²) in [6, 6.07) is 4.00. The minimum Gasteiger partial charge on any atom is -0.507 e. The Hall–Kier alpha value is -0.540. The van der Waals surface area contributed by atoms with Crippen molar-refractivity contribution in [1.82, 2.24) is 4.90 Å². The zero-order chi connectivity index (χ0) is 13.1. The van der Waals surface area contributed by atoms with Crippen LogP contribution in [0.5, 0.6) is 5.75 Å². The number of phenols is 1. The minimum atomic E-state index is 0.454. The van der Waals surface area contributed by atoms with Crippen LogP contribution >= 0.6 is 15.9 Å². The van der Waals surface area contributed by atoms with Crippen molar-refractivity contribution in [3.63, 3.8) is 0 Å². The summed E-state index contributed by atoms with van der Waals surface area (Å²) in [4.78, 5) is 2.46. The molecule has 0 bridgehead atoms. The number of benzene rings is 1. The van der Waals surface area contributed by atoms with Gasteiger partial charge in [0.15, 0.2) is 0 Å². The van der Waals surface area contributed by atoms with E-state index < -0.39 is 0 Å². The van der Waals surface area contributed by atoms with Crippen LogP contribution in [0.1, 0.15) is 37.3 Å². The maximum atomic E-state index is 10.1. The summed E-state index contributed by atoms with van der Waals surface area (Å²) < 4.78 is 1.05. The second kappa shape index (κ2) is 6.07. The van der Waals surface area contributed by atoms with E-state index in [2.05, 4.69) is 27.8 Å². The van der Waals surface area contributed by atoms with E-state index in [1.165, 1.54) is 19.3 Å². The van der Waals surface area contributed by atoms with Crippen molar-refractivity contribution in [2.75, 3.05) is 13.1 Å². The van der Waals surface area contributed by atoms with Crippen LogP contribution in [0.25, 0.3) is 0 Å². The molecule has 0 aromatic heterocycles. The summed E-state index contributed by atoms with van der Waals surface area (Å²) in [5.74, 6) is 1.29. The topological polar surface area (TPSA) is 23.5 Å². The lowest BCUT2D eigenvalue weighted by Crippen LogP contribution is -2.24. The molecule has 1 N–H and O–H groups in total. The second-order valence-corrected chi connectivity index (χ2v) is 6.46. The predicted molar refractivity (Wildman–Crippen MR) is 78.8 cm³/mol. The van der Waals surface area contributed by atoms with Crippen molar-refractivity contribution in [2.24, 2.45) is 5.92 Å². The summed E-state index contributed by atoms with van der Waals surface area (Å²) in [6.07, 6.45) is 3.88. The monoisotopic (exact) mass is 311 g/mol. The minimum absolute atomic E-state index is 0.454. The fourth-order valence-electron chi connectivity index (χ4n) is 2.65. The van der Waals surface area contributed by atoms with Crippen molar-refractivity contribution in [1.29, 1.82) is 0 Å². The Morgan fingerprint density at radius 1 is 1.33 bits per heavy atom. The van der Waals surface area contributed by atoms with Gasteiger partial charge in [-0.25, -0.2) is 0 Å². The lowest BCUT2D eigenvalue weighted by Gasteiger charge is -2.21. The van der Waals surface area contributed by atoms with Gasteiger partial charge < -0.3 is 5.11 Å². The molecule has 0 saturated carbocycles. The summed E-state index contributed by atoms with van der Waals surface area (Å²) in [5, 5.41) is 10.1. The third-order valence-corrected chi connectivity index (χ3v) is 4.31. The van der Waals surface area contributed by atoms with Gasteiger partial charge in [0.05, 0.1) is 0 Å². The Kier molecular flexibility index (Phi) is 4.68. The van der Waals surface area contributed by atoms with Crippen LogP contribution in [0.2, 0.25) is 0 Å². The van der Waals surface area contributed by atoms with Gasteiger partial charge in [-0.15, -0.1) is 0 Å². The van der Waals surface area contributed by atoms with Crippen LogP contribution in [0.3, 0.4) is 0 Å². The molecule has 1 fully saturated rings. The Balaban J connectivity index is 2.09. The molecule has 1 unspecified atom stereocenters. The average Bonchev–Trinajstić information content (AvgIpc) is 2.51. The van der Waals surface area contributed by atoms with E-state index in [1.807, 2.05) is 19.1 Å². The number of hydrogen-bond acceptors (Lipinski definition) is 2. The van der Waals surface area contributed by atoms with Crippen LogP contribution in [0.4, 0.5) is 0 Å². The van der Waals surface area contributed by atoms with Crippen LogP contribution in [-0.2, 0) is 6.54 Å². The summed E-state index contributed by atoms with van der Waals surface area (Å²) in [7, 11) is 0. The molecule has 1 saturated heterocycles. The Morgan fingerprint density at radius 2 is 2.11 bits per heavy atom. The standard InChI is InChI=1S/C15H22BrNO/c1-11-4-3-6-17(7-5-11)10-13-9-14(16)8-12(2)15(13)18/h8-9,11,18H,3-7,10H2,1-2H3. The Bertz CT molecular complexity index is 419. The quantitative estimate of drug-likeness (QED) is 0.889. The van der Waals surface area contributed by atoms with Gasteiger partial charge in [-0.1, -0.05) is 22.9 Å². The molecule has 0 amide bonds. The first-order chi connectivity index (χ1) is 8.56. The third-order valence-electron chi connectivity index (χ3n) is 3.85. The van der Waals surface area contributed by atoms with E-state index in [4.69, 9.17) is 0 Å². The highest BCUT2D eigenvalue weighted by molar-refractivity contribution is 9.10.